The molecule has 0 aromatic carbocycles. The van der Waals surface area contributed by atoms with Crippen LogP contribution in [0.5, 0.6) is 0 Å². The fraction of sp³-hybridized carbons (Fsp3) is 0.947. The second-order valence-corrected chi connectivity index (χ2v) is 6.77. The predicted octanol–water partition coefficient (Wildman–Crippen LogP) is 3.62. The van der Waals surface area contributed by atoms with E-state index in [1.165, 1.54) is 51.4 Å². The molecule has 1 aliphatic heterocycles. The van der Waals surface area contributed by atoms with Gasteiger partial charge in [-0.25, -0.2) is 4.79 Å². The molecule has 3 atom stereocenters. The van der Waals surface area contributed by atoms with E-state index in [1.807, 2.05) is 0 Å². The van der Waals surface area contributed by atoms with Crippen LogP contribution in [0.3, 0.4) is 0 Å². The van der Waals surface area contributed by atoms with E-state index in [0.717, 1.165) is 12.8 Å². The molecular formula is C19H36O5. The van der Waals surface area contributed by atoms with Gasteiger partial charge in [0.15, 0.2) is 6.10 Å². The second kappa shape index (κ2) is 13.6. The van der Waals surface area contributed by atoms with Crippen LogP contribution in [0.1, 0.15) is 77.6 Å². The van der Waals surface area contributed by atoms with Crippen LogP contribution in [-0.4, -0.2) is 49.7 Å². The molecule has 1 rings (SSSR count). The van der Waals surface area contributed by atoms with Gasteiger partial charge < -0.3 is 19.3 Å². The lowest BCUT2D eigenvalue weighted by atomic mass is 9.98. The zero-order chi connectivity index (χ0) is 17.6. The maximum absolute atomic E-state index is 11.4. The average molecular weight is 344 g/mol. The molecule has 0 amide bonds. The van der Waals surface area contributed by atoms with E-state index in [-0.39, 0.29) is 12.1 Å². The highest BCUT2D eigenvalue weighted by Crippen LogP contribution is 2.24. The first-order valence-electron chi connectivity index (χ1n) is 9.68. The fourth-order valence-electron chi connectivity index (χ4n) is 3.04. The maximum atomic E-state index is 11.4. The first kappa shape index (κ1) is 21.4. The molecule has 1 fully saturated rings. The van der Waals surface area contributed by atoms with Crippen molar-refractivity contribution in [3.05, 3.63) is 0 Å². The molecular weight excluding hydrogens is 308 g/mol. The monoisotopic (exact) mass is 344 g/mol. The van der Waals surface area contributed by atoms with Crippen molar-refractivity contribution < 1.29 is 24.1 Å². The van der Waals surface area contributed by atoms with Gasteiger partial charge in [-0.2, -0.15) is 0 Å². The van der Waals surface area contributed by atoms with E-state index in [0.29, 0.717) is 19.6 Å². The van der Waals surface area contributed by atoms with Crippen molar-refractivity contribution in [2.45, 2.75) is 95.9 Å². The van der Waals surface area contributed by atoms with Crippen LogP contribution in [0.4, 0.5) is 0 Å². The highest BCUT2D eigenvalue weighted by molar-refractivity contribution is 5.81. The Labute approximate surface area is 147 Å². The van der Waals surface area contributed by atoms with Crippen molar-refractivity contribution >= 4 is 5.97 Å². The summed E-state index contributed by atoms with van der Waals surface area (Å²) < 4.78 is 15.4. The molecule has 0 saturated carbocycles. The average Bonchev–Trinajstić information content (AvgIpc) is 2.57. The van der Waals surface area contributed by atoms with Gasteiger partial charge in [-0.15, -0.1) is 0 Å². The Morgan fingerprint density at radius 1 is 1.04 bits per heavy atom. The Hall–Kier alpha value is -0.650. The first-order valence-corrected chi connectivity index (χ1v) is 9.68. The topological polar surface area (TPSA) is 65.0 Å². The van der Waals surface area contributed by atoms with Crippen LogP contribution in [-0.2, 0) is 19.0 Å². The minimum absolute atomic E-state index is 0.303. The van der Waals surface area contributed by atoms with Gasteiger partial charge in [0.2, 0.25) is 0 Å². The minimum Gasteiger partial charge on any atom is -0.457 e. The van der Waals surface area contributed by atoms with Gasteiger partial charge in [-0.1, -0.05) is 64.7 Å². The molecule has 0 unspecified atom stereocenters. The molecule has 0 spiro atoms. The second-order valence-electron chi connectivity index (χ2n) is 6.77. The molecule has 1 aliphatic rings. The Morgan fingerprint density at radius 3 is 2.25 bits per heavy atom. The molecule has 142 valence electrons. The van der Waals surface area contributed by atoms with Crippen molar-refractivity contribution in [2.75, 3.05) is 20.3 Å². The number of hydrogen-bond donors (Lipinski definition) is 1. The zero-order valence-electron chi connectivity index (χ0n) is 15.5. The minimum atomic E-state index is -0.530. The molecule has 0 aliphatic carbocycles. The largest absolute Gasteiger partial charge is 0.457 e. The van der Waals surface area contributed by atoms with E-state index in [2.05, 4.69) is 6.92 Å². The van der Waals surface area contributed by atoms with Crippen molar-refractivity contribution in [2.24, 2.45) is 0 Å². The summed E-state index contributed by atoms with van der Waals surface area (Å²) in [6.07, 6.45) is 11.5. The summed E-state index contributed by atoms with van der Waals surface area (Å²) in [7, 11) is 1.59. The van der Waals surface area contributed by atoms with E-state index in [1.54, 1.807) is 7.11 Å². The number of carbonyl (C=O) groups excluding carboxylic acids is 1. The molecule has 1 saturated heterocycles. The Balaban J connectivity index is 1.97. The number of aliphatic hydroxyl groups is 1. The molecule has 0 aromatic rings. The first-order chi connectivity index (χ1) is 11.7. The number of carbonyl (C=O) groups is 1. The number of unbranched alkanes of at least 4 members (excludes halogenated alkanes) is 8. The van der Waals surface area contributed by atoms with Gasteiger partial charge in [-0.3, -0.25) is 0 Å². The van der Waals surface area contributed by atoms with Gasteiger partial charge in [-0.05, 0) is 6.42 Å². The fourth-order valence-corrected chi connectivity index (χ4v) is 3.04. The van der Waals surface area contributed by atoms with Crippen LogP contribution in [0.25, 0.3) is 0 Å². The molecule has 5 nitrogen and oxygen atoms in total. The Bertz CT molecular complexity index is 321. The van der Waals surface area contributed by atoms with Crippen LogP contribution in [0.2, 0.25) is 0 Å². The number of rotatable bonds is 16. The van der Waals surface area contributed by atoms with Crippen molar-refractivity contribution in [1.29, 1.82) is 0 Å². The number of hydrogen-bond acceptors (Lipinski definition) is 5. The third-order valence-electron chi connectivity index (χ3n) is 4.57. The van der Waals surface area contributed by atoms with Gasteiger partial charge in [0.1, 0.15) is 6.10 Å². The normalized spacial score (nSPS) is 21.4. The standard InChI is InChI=1S/C19H36O5/c1-3-4-5-6-7-8-9-10-11-12-16(20)15-17-18(19(21)24-17)23-14-13-22-2/h16-18,20H,3-15H2,1-2H3/t16-,17+,18+/m1/s1. The predicted molar refractivity (Wildman–Crippen MR) is 94.0 cm³/mol. The van der Waals surface area contributed by atoms with Gasteiger partial charge in [0.25, 0.3) is 0 Å². The Kier molecular flexibility index (Phi) is 12.1. The number of aliphatic hydroxyl groups excluding tert-OH is 1. The number of methoxy groups -OCH3 is 1. The Morgan fingerprint density at radius 2 is 1.67 bits per heavy atom. The molecule has 1 N–H and O–H groups in total. The SMILES string of the molecule is CCCCCCCCCCC[C@@H](O)C[C@@H]1OC(=O)[C@H]1OCCOC. The molecule has 24 heavy (non-hydrogen) atoms. The lowest BCUT2D eigenvalue weighted by molar-refractivity contribution is -0.211. The quantitative estimate of drug-likeness (QED) is 0.342. The summed E-state index contributed by atoms with van der Waals surface area (Å²) in [6.45, 7) is 3.07. The molecule has 5 heteroatoms. The van der Waals surface area contributed by atoms with Gasteiger partial charge in [0, 0.05) is 13.5 Å². The number of cyclic esters (lactones) is 1. The molecule has 0 radical (unpaired) electrons. The van der Waals surface area contributed by atoms with Crippen LogP contribution >= 0.6 is 0 Å². The third kappa shape index (κ3) is 9.00. The van der Waals surface area contributed by atoms with Crippen LogP contribution in [0.15, 0.2) is 0 Å². The molecule has 1 heterocycles. The molecule has 0 bridgehead atoms. The summed E-state index contributed by atoms with van der Waals surface area (Å²) in [6, 6.07) is 0. The summed E-state index contributed by atoms with van der Waals surface area (Å²) in [5.41, 5.74) is 0. The van der Waals surface area contributed by atoms with Crippen molar-refractivity contribution in [1.82, 2.24) is 0 Å². The lowest BCUT2D eigenvalue weighted by Gasteiger charge is -2.35. The summed E-state index contributed by atoms with van der Waals surface area (Å²) in [5, 5.41) is 10.1. The van der Waals surface area contributed by atoms with Gasteiger partial charge >= 0.3 is 5.97 Å². The summed E-state index contributed by atoms with van der Waals surface area (Å²) in [5.74, 6) is -0.327. The molecule has 0 aromatic heterocycles. The highest BCUT2D eigenvalue weighted by atomic mass is 16.6. The van der Waals surface area contributed by atoms with E-state index in [4.69, 9.17) is 14.2 Å². The number of ether oxygens (including phenoxy) is 3. The van der Waals surface area contributed by atoms with E-state index >= 15 is 0 Å². The van der Waals surface area contributed by atoms with E-state index in [9.17, 15) is 9.90 Å². The smallest absolute Gasteiger partial charge is 0.339 e. The summed E-state index contributed by atoms with van der Waals surface area (Å²) in [4.78, 5) is 11.4. The van der Waals surface area contributed by atoms with Crippen molar-refractivity contribution in [3.8, 4) is 0 Å². The summed E-state index contributed by atoms with van der Waals surface area (Å²) >= 11 is 0. The van der Waals surface area contributed by atoms with Crippen LogP contribution in [0, 0.1) is 0 Å². The highest BCUT2D eigenvalue weighted by Gasteiger charge is 2.44. The van der Waals surface area contributed by atoms with E-state index < -0.39 is 12.2 Å². The van der Waals surface area contributed by atoms with Crippen LogP contribution < -0.4 is 0 Å². The number of esters is 1. The zero-order valence-corrected chi connectivity index (χ0v) is 15.5. The van der Waals surface area contributed by atoms with Crippen molar-refractivity contribution in [3.63, 3.8) is 0 Å². The maximum Gasteiger partial charge on any atom is 0.339 e. The van der Waals surface area contributed by atoms with Gasteiger partial charge in [0.05, 0.1) is 19.3 Å². The third-order valence-corrected chi connectivity index (χ3v) is 4.57. The lowest BCUT2D eigenvalue weighted by Crippen LogP contribution is -2.53.